The van der Waals surface area contributed by atoms with Crippen LogP contribution in [0.5, 0.6) is 11.5 Å². The van der Waals surface area contributed by atoms with Crippen molar-refractivity contribution in [2.45, 2.75) is 52.2 Å². The molecule has 180 valence electrons. The zero-order valence-corrected chi connectivity index (χ0v) is 19.8. The number of hydrogen-bond donors (Lipinski definition) is 0. The van der Waals surface area contributed by atoms with E-state index >= 15 is 0 Å². The number of hydrogen-bond acceptors (Lipinski definition) is 5. The molecule has 2 aromatic rings. The Bertz CT molecular complexity index is 1230. The highest BCUT2D eigenvalue weighted by Crippen LogP contribution is 2.35. The minimum atomic E-state index is -0.501. The molecule has 1 heterocycles. The molecule has 1 aliphatic heterocycles. The molecule has 0 bridgehead atoms. The molecule has 1 saturated carbocycles. The number of carbonyl (C=O) groups is 2. The second-order valence-corrected chi connectivity index (χ2v) is 8.64. The third-order valence-corrected chi connectivity index (χ3v) is 6.35. The van der Waals surface area contributed by atoms with E-state index in [4.69, 9.17) is 9.47 Å². The topological polar surface area (TPSA) is 79.6 Å². The molecule has 2 aromatic carbocycles. The normalized spacial score (nSPS) is 17.8. The Hall–Kier alpha value is -3.92. The van der Waals surface area contributed by atoms with E-state index in [1.807, 2.05) is 13.0 Å². The molecule has 0 radical (unpaired) electrons. The van der Waals surface area contributed by atoms with E-state index in [-0.39, 0.29) is 29.9 Å². The van der Waals surface area contributed by atoms with Crippen molar-refractivity contribution < 1.29 is 23.5 Å². The fraction of sp³-hybridized carbons (Fsp3) is 0.321. The molecular formula is C28H27FN2O4. The predicted octanol–water partition coefficient (Wildman–Crippen LogP) is 5.34. The first-order valence-electron chi connectivity index (χ1n) is 11.8. The molecule has 1 fully saturated rings. The molecule has 0 aromatic heterocycles. The van der Waals surface area contributed by atoms with E-state index < -0.39 is 5.91 Å². The van der Waals surface area contributed by atoms with E-state index in [9.17, 15) is 19.2 Å². The fourth-order valence-corrected chi connectivity index (χ4v) is 4.50. The molecule has 0 N–H and O–H groups in total. The van der Waals surface area contributed by atoms with E-state index in [1.54, 1.807) is 43.3 Å². The van der Waals surface area contributed by atoms with Crippen LogP contribution < -0.4 is 9.47 Å². The number of rotatable bonds is 7. The van der Waals surface area contributed by atoms with Crippen molar-refractivity contribution in [2.24, 2.45) is 0 Å². The lowest BCUT2D eigenvalue weighted by atomic mass is 9.92. The molecule has 7 heteroatoms. The summed E-state index contributed by atoms with van der Waals surface area (Å²) in [5.41, 5.74) is 2.21. The largest absolute Gasteiger partial charge is 0.490 e. The van der Waals surface area contributed by atoms with Gasteiger partial charge in [0.1, 0.15) is 24.1 Å². The Kier molecular flexibility index (Phi) is 7.31. The van der Waals surface area contributed by atoms with Crippen LogP contribution in [0.2, 0.25) is 0 Å². The van der Waals surface area contributed by atoms with Gasteiger partial charge in [0.2, 0.25) is 0 Å². The van der Waals surface area contributed by atoms with Gasteiger partial charge in [-0.05, 0) is 73.7 Å². The van der Waals surface area contributed by atoms with Gasteiger partial charge in [-0.25, -0.2) is 4.39 Å². The Morgan fingerprint density at radius 1 is 1.06 bits per heavy atom. The highest BCUT2D eigenvalue weighted by molar-refractivity contribution is 6.19. The monoisotopic (exact) mass is 474 g/mol. The number of nitriles is 1. The number of imide groups is 1. The average Bonchev–Trinajstić information content (AvgIpc) is 3.37. The first-order valence-corrected chi connectivity index (χ1v) is 11.8. The van der Waals surface area contributed by atoms with Gasteiger partial charge in [0.05, 0.1) is 6.61 Å². The Morgan fingerprint density at radius 3 is 2.43 bits per heavy atom. The Labute approximate surface area is 204 Å². The van der Waals surface area contributed by atoms with Crippen LogP contribution in [0.4, 0.5) is 4.39 Å². The first kappa shape index (κ1) is 24.2. The van der Waals surface area contributed by atoms with Gasteiger partial charge in [0, 0.05) is 11.6 Å². The van der Waals surface area contributed by atoms with Crippen LogP contribution in [0, 0.1) is 17.1 Å². The third-order valence-electron chi connectivity index (χ3n) is 6.35. The second-order valence-electron chi connectivity index (χ2n) is 8.64. The van der Waals surface area contributed by atoms with E-state index in [0.29, 0.717) is 34.8 Å². The van der Waals surface area contributed by atoms with E-state index in [2.05, 4.69) is 0 Å². The van der Waals surface area contributed by atoms with Crippen molar-refractivity contribution in [3.05, 3.63) is 76.1 Å². The summed E-state index contributed by atoms with van der Waals surface area (Å²) in [5, 5.41) is 9.63. The van der Waals surface area contributed by atoms with Gasteiger partial charge in [0.25, 0.3) is 11.8 Å². The van der Waals surface area contributed by atoms with Crippen molar-refractivity contribution in [2.75, 3.05) is 6.61 Å². The molecule has 0 spiro atoms. The van der Waals surface area contributed by atoms with Crippen molar-refractivity contribution in [1.82, 2.24) is 4.90 Å². The average molecular weight is 475 g/mol. The third kappa shape index (κ3) is 5.12. The summed E-state index contributed by atoms with van der Waals surface area (Å²) in [4.78, 5) is 27.5. The zero-order chi connectivity index (χ0) is 24.9. The minimum absolute atomic E-state index is 0.00651. The number of amides is 2. The highest BCUT2D eigenvalue weighted by atomic mass is 19.1. The maximum atomic E-state index is 13.4. The molecule has 0 unspecified atom stereocenters. The van der Waals surface area contributed by atoms with Crippen LogP contribution >= 0.6 is 0 Å². The maximum absolute atomic E-state index is 13.4. The van der Waals surface area contributed by atoms with E-state index in [1.165, 1.54) is 17.0 Å². The van der Waals surface area contributed by atoms with Crippen molar-refractivity contribution in [3.8, 4) is 17.6 Å². The van der Waals surface area contributed by atoms with Crippen LogP contribution in [0.15, 0.2) is 59.2 Å². The van der Waals surface area contributed by atoms with Gasteiger partial charge in [-0.2, -0.15) is 5.26 Å². The van der Waals surface area contributed by atoms with Crippen LogP contribution in [0.3, 0.4) is 0 Å². The maximum Gasteiger partial charge on any atom is 0.271 e. The second kappa shape index (κ2) is 10.6. The number of halogens is 1. The van der Waals surface area contributed by atoms with Gasteiger partial charge in [-0.15, -0.1) is 0 Å². The van der Waals surface area contributed by atoms with E-state index in [0.717, 1.165) is 31.2 Å². The molecule has 0 saturated heterocycles. The molecular weight excluding hydrogens is 447 g/mol. The molecule has 0 atom stereocenters. The highest BCUT2D eigenvalue weighted by Gasteiger charge is 2.40. The van der Waals surface area contributed by atoms with Gasteiger partial charge in [-0.3, -0.25) is 14.5 Å². The fourth-order valence-electron chi connectivity index (χ4n) is 4.50. The standard InChI is InChI=1S/C28H27FN2O4/c1-3-34-26-15-20(10-13-25(26)35-17-19-8-11-21(29)12-9-19)14-23-18(2)24(16-30)28(33)31(27(23)32)22-6-4-5-7-22/h8-15,22H,3-7,17H2,1-2H3/b23-14+. The van der Waals surface area contributed by atoms with Gasteiger partial charge in [0.15, 0.2) is 11.5 Å². The molecule has 2 amide bonds. The lowest BCUT2D eigenvalue weighted by Gasteiger charge is -2.32. The van der Waals surface area contributed by atoms with Crippen LogP contribution in [0.25, 0.3) is 6.08 Å². The summed E-state index contributed by atoms with van der Waals surface area (Å²) >= 11 is 0. The molecule has 1 aliphatic carbocycles. The zero-order valence-electron chi connectivity index (χ0n) is 19.8. The SMILES string of the molecule is CCOc1cc(/C=C2/C(=O)N(C3CCCC3)C(=O)C(C#N)=C2C)ccc1OCc1ccc(F)cc1. The predicted molar refractivity (Wildman–Crippen MR) is 129 cm³/mol. The summed E-state index contributed by atoms with van der Waals surface area (Å²) in [6, 6.07) is 13.2. The van der Waals surface area contributed by atoms with Crippen molar-refractivity contribution >= 4 is 17.9 Å². The minimum Gasteiger partial charge on any atom is -0.490 e. The Morgan fingerprint density at radius 2 is 1.77 bits per heavy atom. The first-order chi connectivity index (χ1) is 16.9. The van der Waals surface area contributed by atoms with Gasteiger partial charge >= 0.3 is 0 Å². The Balaban J connectivity index is 1.65. The summed E-state index contributed by atoms with van der Waals surface area (Å²) < 4.78 is 24.8. The lowest BCUT2D eigenvalue weighted by molar-refractivity contribution is -0.143. The molecule has 4 rings (SSSR count). The van der Waals surface area contributed by atoms with Crippen LogP contribution in [-0.4, -0.2) is 29.4 Å². The number of benzene rings is 2. The summed E-state index contributed by atoms with van der Waals surface area (Å²) in [7, 11) is 0. The molecule has 35 heavy (non-hydrogen) atoms. The summed E-state index contributed by atoms with van der Waals surface area (Å²) in [5.74, 6) is -0.166. The van der Waals surface area contributed by atoms with Crippen molar-refractivity contribution in [3.63, 3.8) is 0 Å². The number of ether oxygens (including phenoxy) is 2. The van der Waals surface area contributed by atoms with Gasteiger partial charge < -0.3 is 9.47 Å². The summed E-state index contributed by atoms with van der Waals surface area (Å²) in [6.07, 6.45) is 5.13. The van der Waals surface area contributed by atoms with Crippen LogP contribution in [-0.2, 0) is 16.2 Å². The molecule has 2 aliphatic rings. The van der Waals surface area contributed by atoms with Crippen molar-refractivity contribution in [1.29, 1.82) is 5.26 Å². The number of nitrogens with zero attached hydrogens (tertiary/aromatic N) is 2. The lowest BCUT2D eigenvalue weighted by Crippen LogP contribution is -2.47. The van der Waals surface area contributed by atoms with Gasteiger partial charge in [-0.1, -0.05) is 31.0 Å². The number of carbonyl (C=O) groups excluding carboxylic acids is 2. The quantitative estimate of drug-likeness (QED) is 0.400. The molecule has 6 nitrogen and oxygen atoms in total. The smallest absolute Gasteiger partial charge is 0.271 e. The van der Waals surface area contributed by atoms with Crippen LogP contribution in [0.1, 0.15) is 50.7 Å². The summed E-state index contributed by atoms with van der Waals surface area (Å²) in [6.45, 7) is 4.14.